The second-order valence-electron chi connectivity index (χ2n) is 9.72. The van der Waals surface area contributed by atoms with Crippen molar-refractivity contribution >= 4 is 23.6 Å². The number of nitrogens with one attached hydrogen (secondary N) is 1. The van der Waals surface area contributed by atoms with E-state index in [0.29, 0.717) is 48.5 Å². The summed E-state index contributed by atoms with van der Waals surface area (Å²) in [5.41, 5.74) is 5.33. The van der Waals surface area contributed by atoms with Crippen LogP contribution in [0.4, 0.5) is 5.69 Å². The van der Waals surface area contributed by atoms with Gasteiger partial charge in [-0.1, -0.05) is 55.7 Å². The first-order valence-corrected chi connectivity index (χ1v) is 13.7. The molecular formula is C32H34N2O5. The van der Waals surface area contributed by atoms with Gasteiger partial charge >= 0.3 is 0 Å². The van der Waals surface area contributed by atoms with E-state index in [0.717, 1.165) is 5.75 Å². The molecule has 7 nitrogen and oxygen atoms in total. The molecule has 0 unspecified atom stereocenters. The van der Waals surface area contributed by atoms with Gasteiger partial charge in [0.25, 0.3) is 11.8 Å². The van der Waals surface area contributed by atoms with E-state index in [4.69, 9.17) is 14.2 Å². The van der Waals surface area contributed by atoms with Crippen molar-refractivity contribution in [1.82, 2.24) is 5.43 Å². The standard InChI is InChI=1S/C32H34N2O5/c1-2-37-30-22-23(21-28-31(35)33-34(32(28)36)26-11-7-4-8-12-26)13-18-29(30)39-20-19-38-27-16-14-25(15-17-27)24-9-5-3-6-10-24/h4,7-8,11-18,21-22,24H,2-3,5-6,9-10,19-20H2,1H3,(H,33,35)/b28-21+. The van der Waals surface area contributed by atoms with Crippen LogP contribution in [-0.4, -0.2) is 31.6 Å². The number of hydrogen-bond donors (Lipinski definition) is 1. The predicted octanol–water partition coefficient (Wildman–Crippen LogP) is 6.05. The molecule has 1 aliphatic carbocycles. The maximum atomic E-state index is 12.9. The van der Waals surface area contributed by atoms with Gasteiger partial charge in [0.1, 0.15) is 24.5 Å². The van der Waals surface area contributed by atoms with Crippen molar-refractivity contribution in [3.8, 4) is 17.2 Å². The van der Waals surface area contributed by atoms with Crippen LogP contribution in [0.1, 0.15) is 56.1 Å². The number of hydrogen-bond acceptors (Lipinski definition) is 5. The molecular weight excluding hydrogens is 492 g/mol. The van der Waals surface area contributed by atoms with Crippen LogP contribution >= 0.6 is 0 Å². The molecule has 1 aliphatic heterocycles. The summed E-state index contributed by atoms with van der Waals surface area (Å²) in [6.45, 7) is 3.07. The molecule has 1 saturated heterocycles. The number of carbonyl (C=O) groups excluding carboxylic acids is 2. The molecule has 0 aromatic heterocycles. The van der Waals surface area contributed by atoms with E-state index in [2.05, 4.69) is 17.6 Å². The fourth-order valence-corrected chi connectivity index (χ4v) is 5.07. The Hall–Kier alpha value is -4.26. The van der Waals surface area contributed by atoms with Gasteiger partial charge in [0.15, 0.2) is 11.5 Å². The van der Waals surface area contributed by atoms with E-state index in [9.17, 15) is 9.59 Å². The summed E-state index contributed by atoms with van der Waals surface area (Å²) in [4.78, 5) is 25.4. The van der Waals surface area contributed by atoms with Crippen LogP contribution in [0, 0.1) is 0 Å². The molecule has 0 spiro atoms. The van der Waals surface area contributed by atoms with Gasteiger partial charge in [0.05, 0.1) is 12.3 Å². The maximum absolute atomic E-state index is 12.9. The minimum absolute atomic E-state index is 0.0536. The van der Waals surface area contributed by atoms with Gasteiger partial charge < -0.3 is 14.2 Å². The predicted molar refractivity (Wildman–Crippen MR) is 151 cm³/mol. The Kier molecular flexibility index (Phi) is 8.46. The molecule has 0 radical (unpaired) electrons. The average molecular weight is 527 g/mol. The number of ether oxygens (including phenoxy) is 3. The monoisotopic (exact) mass is 526 g/mol. The lowest BCUT2D eigenvalue weighted by atomic mass is 9.84. The second-order valence-corrected chi connectivity index (χ2v) is 9.72. The zero-order chi connectivity index (χ0) is 27.0. The van der Waals surface area contributed by atoms with Crippen LogP contribution in [-0.2, 0) is 9.59 Å². The van der Waals surface area contributed by atoms with E-state index in [1.54, 1.807) is 36.4 Å². The van der Waals surface area contributed by atoms with Crippen LogP contribution < -0.4 is 24.6 Å². The summed E-state index contributed by atoms with van der Waals surface area (Å²) in [6, 6.07) is 22.8. The molecule has 7 heteroatoms. The Labute approximate surface area is 229 Å². The molecule has 0 atom stereocenters. The van der Waals surface area contributed by atoms with Crippen LogP contribution in [0.5, 0.6) is 17.2 Å². The fraction of sp³-hybridized carbons (Fsp3) is 0.312. The summed E-state index contributed by atoms with van der Waals surface area (Å²) < 4.78 is 17.6. The van der Waals surface area contributed by atoms with Crippen molar-refractivity contribution in [3.63, 3.8) is 0 Å². The normalized spacial score (nSPS) is 16.8. The summed E-state index contributed by atoms with van der Waals surface area (Å²) in [7, 11) is 0. The molecule has 1 saturated carbocycles. The largest absolute Gasteiger partial charge is 0.490 e. The lowest BCUT2D eigenvalue weighted by Crippen LogP contribution is -2.35. The van der Waals surface area contributed by atoms with Gasteiger partial charge in [0, 0.05) is 0 Å². The van der Waals surface area contributed by atoms with Gasteiger partial charge in [-0.2, -0.15) is 0 Å². The molecule has 1 heterocycles. The molecule has 0 bridgehead atoms. The number of amides is 2. The van der Waals surface area contributed by atoms with Crippen LogP contribution in [0.25, 0.3) is 6.08 Å². The van der Waals surface area contributed by atoms with Crippen molar-refractivity contribution in [2.24, 2.45) is 0 Å². The smallest absolute Gasteiger partial charge is 0.282 e. The second kappa shape index (κ2) is 12.5. The lowest BCUT2D eigenvalue weighted by molar-refractivity contribution is -0.117. The van der Waals surface area contributed by atoms with E-state index >= 15 is 0 Å². The zero-order valence-electron chi connectivity index (χ0n) is 22.2. The highest BCUT2D eigenvalue weighted by Crippen LogP contribution is 2.33. The summed E-state index contributed by atoms with van der Waals surface area (Å²) in [6.07, 6.45) is 8.12. The van der Waals surface area contributed by atoms with Crippen LogP contribution in [0.2, 0.25) is 0 Å². The molecule has 202 valence electrons. The SMILES string of the molecule is CCOc1cc(/C=C2\C(=O)NN(c3ccccc3)C2=O)ccc1OCCOc1ccc(C2CCCCC2)cc1. The molecule has 3 aromatic carbocycles. The van der Waals surface area contributed by atoms with Gasteiger partial charge in [-0.3, -0.25) is 15.0 Å². The van der Waals surface area contributed by atoms with Gasteiger partial charge in [-0.25, -0.2) is 5.01 Å². The first-order valence-electron chi connectivity index (χ1n) is 13.7. The Bertz CT molecular complexity index is 1310. The van der Waals surface area contributed by atoms with E-state index in [-0.39, 0.29) is 5.57 Å². The first-order chi connectivity index (χ1) is 19.1. The van der Waals surface area contributed by atoms with E-state index in [1.165, 1.54) is 42.7 Å². The number of carbonyl (C=O) groups is 2. The van der Waals surface area contributed by atoms with Gasteiger partial charge in [-0.05, 0) is 79.3 Å². The third kappa shape index (κ3) is 6.42. The van der Waals surface area contributed by atoms with Crippen molar-refractivity contribution in [3.05, 3.63) is 89.5 Å². The quantitative estimate of drug-likeness (QED) is 0.198. The topological polar surface area (TPSA) is 77.1 Å². The van der Waals surface area contributed by atoms with Crippen molar-refractivity contribution < 1.29 is 23.8 Å². The van der Waals surface area contributed by atoms with Crippen molar-refractivity contribution in [1.29, 1.82) is 0 Å². The Morgan fingerprint density at radius 2 is 1.59 bits per heavy atom. The van der Waals surface area contributed by atoms with Gasteiger partial charge in [-0.15, -0.1) is 0 Å². The minimum Gasteiger partial charge on any atom is -0.490 e. The van der Waals surface area contributed by atoms with Crippen molar-refractivity contribution in [2.75, 3.05) is 24.8 Å². The van der Waals surface area contributed by atoms with Crippen LogP contribution in [0.3, 0.4) is 0 Å². The summed E-state index contributed by atoms with van der Waals surface area (Å²) >= 11 is 0. The summed E-state index contributed by atoms with van der Waals surface area (Å²) in [5.74, 6) is 1.75. The number of benzene rings is 3. The Morgan fingerprint density at radius 1 is 0.846 bits per heavy atom. The average Bonchev–Trinajstić information content (AvgIpc) is 3.26. The maximum Gasteiger partial charge on any atom is 0.282 e. The molecule has 2 fully saturated rings. The highest BCUT2D eigenvalue weighted by Gasteiger charge is 2.34. The number of anilines is 1. The number of hydrazine groups is 1. The lowest BCUT2D eigenvalue weighted by Gasteiger charge is -2.22. The third-order valence-corrected chi connectivity index (χ3v) is 7.05. The van der Waals surface area contributed by atoms with Crippen LogP contribution in [0.15, 0.2) is 78.4 Å². The van der Waals surface area contributed by atoms with E-state index < -0.39 is 11.8 Å². The first kappa shape index (κ1) is 26.4. The molecule has 3 aromatic rings. The highest BCUT2D eigenvalue weighted by molar-refractivity contribution is 6.31. The molecule has 2 amide bonds. The minimum atomic E-state index is -0.453. The Balaban J connectivity index is 1.19. The Morgan fingerprint density at radius 3 is 2.33 bits per heavy atom. The number of nitrogens with zero attached hydrogens (tertiary/aromatic N) is 1. The van der Waals surface area contributed by atoms with Gasteiger partial charge in [0.2, 0.25) is 0 Å². The number of para-hydroxylation sites is 1. The zero-order valence-corrected chi connectivity index (χ0v) is 22.2. The molecule has 1 N–H and O–H groups in total. The third-order valence-electron chi connectivity index (χ3n) is 7.05. The fourth-order valence-electron chi connectivity index (χ4n) is 5.07. The highest BCUT2D eigenvalue weighted by atomic mass is 16.5. The van der Waals surface area contributed by atoms with E-state index in [1.807, 2.05) is 37.3 Å². The van der Waals surface area contributed by atoms with Crippen molar-refractivity contribution in [2.45, 2.75) is 44.9 Å². The molecule has 39 heavy (non-hydrogen) atoms. The number of rotatable bonds is 10. The molecule has 5 rings (SSSR count). The molecule has 2 aliphatic rings. The summed E-state index contributed by atoms with van der Waals surface area (Å²) in [5, 5.41) is 1.25.